The second-order valence-corrected chi connectivity index (χ2v) is 8.14. The minimum absolute atomic E-state index is 0.0335. The number of carbonyl (C=O) groups excluding carboxylic acids is 2. The second kappa shape index (κ2) is 9.63. The lowest BCUT2D eigenvalue weighted by atomic mass is 9.78. The van der Waals surface area contributed by atoms with Gasteiger partial charge in [0, 0.05) is 38.6 Å². The van der Waals surface area contributed by atoms with E-state index in [0.29, 0.717) is 31.0 Å². The normalized spacial score (nSPS) is 20.5. The number of pyridine rings is 1. The van der Waals surface area contributed by atoms with Gasteiger partial charge in [0.1, 0.15) is 5.76 Å². The molecular weight excluding hydrogens is 443 g/mol. The number of aryl methyl sites for hydroxylation is 1. The van der Waals surface area contributed by atoms with E-state index in [9.17, 15) is 22.8 Å². The molecule has 8 nitrogen and oxygen atoms in total. The number of carbonyl (C=O) groups is 3. The number of carboxylic acids is 1. The first-order chi connectivity index (χ1) is 15.5. The summed E-state index contributed by atoms with van der Waals surface area (Å²) in [5, 5.41) is 7.12. The zero-order valence-electron chi connectivity index (χ0n) is 18.0. The van der Waals surface area contributed by atoms with Crippen molar-refractivity contribution in [3.05, 3.63) is 53.7 Å². The summed E-state index contributed by atoms with van der Waals surface area (Å²) < 4.78 is 37.0. The van der Waals surface area contributed by atoms with Crippen molar-refractivity contribution in [3.63, 3.8) is 0 Å². The molecule has 0 radical (unpaired) electrons. The first kappa shape index (κ1) is 24.3. The molecule has 2 amide bonds. The maximum atomic E-state index is 13.2. The fourth-order valence-corrected chi connectivity index (χ4v) is 4.22. The number of rotatable bonds is 3. The summed E-state index contributed by atoms with van der Waals surface area (Å²) in [5.74, 6) is -1.99. The van der Waals surface area contributed by atoms with Gasteiger partial charge in [-0.05, 0) is 43.9 Å². The zero-order chi connectivity index (χ0) is 24.2. The molecule has 4 heterocycles. The predicted octanol–water partition coefficient (Wildman–Crippen LogP) is 3.27. The van der Waals surface area contributed by atoms with E-state index >= 15 is 0 Å². The van der Waals surface area contributed by atoms with Crippen molar-refractivity contribution in [3.8, 4) is 0 Å². The number of alkyl halides is 3. The average Bonchev–Trinajstić information content (AvgIpc) is 3.33. The molecule has 1 unspecified atom stereocenters. The molecule has 1 atom stereocenters. The number of hydrogen-bond acceptors (Lipinski definition) is 5. The van der Waals surface area contributed by atoms with Gasteiger partial charge in [-0.3, -0.25) is 14.6 Å². The van der Waals surface area contributed by atoms with Gasteiger partial charge in [0.05, 0.1) is 17.2 Å². The van der Waals surface area contributed by atoms with Crippen LogP contribution >= 0.6 is 0 Å². The lowest BCUT2D eigenvalue weighted by Crippen LogP contribution is -2.49. The van der Waals surface area contributed by atoms with E-state index in [0.717, 1.165) is 31.4 Å². The minimum atomic E-state index is -5.08. The largest absolute Gasteiger partial charge is 0.490 e. The van der Waals surface area contributed by atoms with Gasteiger partial charge in [0.25, 0.3) is 5.91 Å². The molecule has 33 heavy (non-hydrogen) atoms. The zero-order valence-corrected chi connectivity index (χ0v) is 18.0. The van der Waals surface area contributed by atoms with E-state index in [1.54, 1.807) is 31.6 Å². The van der Waals surface area contributed by atoms with Crippen LogP contribution in [0.25, 0.3) is 0 Å². The Morgan fingerprint density at radius 1 is 1.24 bits per heavy atom. The van der Waals surface area contributed by atoms with Gasteiger partial charge in [0.15, 0.2) is 0 Å². The van der Waals surface area contributed by atoms with Crippen molar-refractivity contribution >= 4 is 17.8 Å². The number of amides is 2. The molecule has 0 aliphatic carbocycles. The average molecular weight is 467 g/mol. The number of furan rings is 1. The molecule has 0 bridgehead atoms. The Balaban J connectivity index is 0.000000383. The minimum Gasteiger partial charge on any atom is -0.475 e. The van der Waals surface area contributed by atoms with Crippen LogP contribution in [0.4, 0.5) is 13.2 Å². The smallest absolute Gasteiger partial charge is 0.475 e. The number of halogens is 3. The maximum absolute atomic E-state index is 13.2. The number of carboxylic acid groups (broad SMARTS) is 1. The van der Waals surface area contributed by atoms with E-state index in [-0.39, 0.29) is 11.8 Å². The molecular formula is C22H24F3N3O5. The van der Waals surface area contributed by atoms with Crippen LogP contribution in [0.15, 0.2) is 41.3 Å². The highest BCUT2D eigenvalue weighted by molar-refractivity contribution is 5.96. The van der Waals surface area contributed by atoms with Crippen LogP contribution in [0.2, 0.25) is 0 Å². The van der Waals surface area contributed by atoms with Gasteiger partial charge < -0.3 is 19.3 Å². The first-order valence-corrected chi connectivity index (χ1v) is 10.4. The topological polar surface area (TPSA) is 104 Å². The third-order valence-corrected chi connectivity index (χ3v) is 5.89. The van der Waals surface area contributed by atoms with E-state index in [4.69, 9.17) is 14.3 Å². The number of likely N-dealkylation sites (tertiary alicyclic amines) is 2. The Morgan fingerprint density at radius 2 is 1.97 bits per heavy atom. The van der Waals surface area contributed by atoms with Crippen molar-refractivity contribution in [2.45, 2.75) is 38.9 Å². The molecule has 2 fully saturated rings. The molecule has 0 saturated carbocycles. The van der Waals surface area contributed by atoms with Crippen LogP contribution in [-0.2, 0) is 16.1 Å². The molecule has 1 N–H and O–H groups in total. The monoisotopic (exact) mass is 467 g/mol. The third kappa shape index (κ3) is 5.52. The summed E-state index contributed by atoms with van der Waals surface area (Å²) in [7, 11) is 0. The molecule has 11 heteroatoms. The van der Waals surface area contributed by atoms with Crippen LogP contribution in [0.5, 0.6) is 0 Å². The molecule has 1 spiro atoms. The summed E-state index contributed by atoms with van der Waals surface area (Å²) in [5.41, 5.74) is 1.20. The SMILES string of the molecule is Cc1occc1C(=O)N1CCCC2(CCN(Cc3cccnc3)C2=O)C1.O=C(O)C(F)(F)F. The molecule has 2 aliphatic heterocycles. The maximum Gasteiger partial charge on any atom is 0.490 e. The summed E-state index contributed by atoms with van der Waals surface area (Å²) in [6, 6.07) is 5.59. The van der Waals surface area contributed by atoms with Crippen LogP contribution in [0, 0.1) is 12.3 Å². The van der Waals surface area contributed by atoms with Gasteiger partial charge in [0.2, 0.25) is 5.91 Å². The van der Waals surface area contributed by atoms with E-state index in [1.165, 1.54) is 0 Å². The van der Waals surface area contributed by atoms with Gasteiger partial charge >= 0.3 is 12.1 Å². The summed E-state index contributed by atoms with van der Waals surface area (Å²) in [6.45, 7) is 4.31. The Kier molecular flexibility index (Phi) is 7.09. The quantitative estimate of drug-likeness (QED) is 0.743. The van der Waals surface area contributed by atoms with Gasteiger partial charge in [-0.25, -0.2) is 4.79 Å². The molecule has 4 rings (SSSR count). The number of hydrogen-bond donors (Lipinski definition) is 1. The van der Waals surface area contributed by atoms with Crippen LogP contribution in [0.1, 0.15) is 40.9 Å². The summed E-state index contributed by atoms with van der Waals surface area (Å²) in [6.07, 6.45) is 2.51. The van der Waals surface area contributed by atoms with Crippen molar-refractivity contribution < 1.29 is 37.1 Å². The number of aromatic nitrogens is 1. The number of piperidine rings is 1. The lowest BCUT2D eigenvalue weighted by molar-refractivity contribution is -0.192. The molecule has 0 aromatic carbocycles. The van der Waals surface area contributed by atoms with Crippen LogP contribution in [0.3, 0.4) is 0 Å². The van der Waals surface area contributed by atoms with Crippen molar-refractivity contribution in [1.29, 1.82) is 0 Å². The Hall–Kier alpha value is -3.37. The van der Waals surface area contributed by atoms with Gasteiger partial charge in [-0.15, -0.1) is 0 Å². The highest BCUT2D eigenvalue weighted by Gasteiger charge is 2.49. The Morgan fingerprint density at radius 3 is 2.55 bits per heavy atom. The summed E-state index contributed by atoms with van der Waals surface area (Å²) >= 11 is 0. The highest BCUT2D eigenvalue weighted by atomic mass is 19.4. The van der Waals surface area contributed by atoms with Gasteiger partial charge in [-0.1, -0.05) is 6.07 Å². The molecule has 2 saturated heterocycles. The number of aliphatic carboxylic acids is 1. The van der Waals surface area contributed by atoms with Crippen LogP contribution in [-0.4, -0.2) is 63.5 Å². The van der Waals surface area contributed by atoms with Gasteiger partial charge in [-0.2, -0.15) is 13.2 Å². The second-order valence-electron chi connectivity index (χ2n) is 8.14. The van der Waals surface area contributed by atoms with Crippen LogP contribution < -0.4 is 0 Å². The molecule has 178 valence electrons. The molecule has 2 aromatic heterocycles. The molecule has 2 aromatic rings. The lowest BCUT2D eigenvalue weighted by Gasteiger charge is -2.39. The van der Waals surface area contributed by atoms with Crippen molar-refractivity contribution in [2.75, 3.05) is 19.6 Å². The van der Waals surface area contributed by atoms with E-state index < -0.39 is 17.6 Å². The Labute approximate surface area is 188 Å². The van der Waals surface area contributed by atoms with Crippen molar-refractivity contribution in [2.24, 2.45) is 5.41 Å². The highest BCUT2D eigenvalue weighted by Crippen LogP contribution is 2.41. The van der Waals surface area contributed by atoms with Crippen molar-refractivity contribution in [1.82, 2.24) is 14.8 Å². The third-order valence-electron chi connectivity index (χ3n) is 5.89. The van der Waals surface area contributed by atoms with E-state index in [2.05, 4.69) is 4.98 Å². The summed E-state index contributed by atoms with van der Waals surface area (Å²) in [4.78, 5) is 42.8. The van der Waals surface area contributed by atoms with E-state index in [1.807, 2.05) is 21.9 Å². The predicted molar refractivity (Wildman–Crippen MR) is 109 cm³/mol. The Bertz CT molecular complexity index is 1010. The fourth-order valence-electron chi connectivity index (χ4n) is 4.22. The number of nitrogens with zero attached hydrogens (tertiary/aromatic N) is 3. The molecule has 2 aliphatic rings. The standard InChI is InChI=1S/C20H23N3O3.C2HF3O2/c1-15-17(5-11-26-15)18(24)23-9-3-6-20(14-23)7-10-22(19(20)25)13-16-4-2-8-21-12-16;3-2(4,5)1(6)7/h2,4-5,8,11-12H,3,6-7,9-10,13-14H2,1H3;(H,6,7). The fraction of sp³-hybridized carbons (Fsp3) is 0.455. The first-order valence-electron chi connectivity index (χ1n) is 10.4.